The number of rotatable bonds is 1. The largest absolute Gasteiger partial charge is 0.450 e. The molecule has 0 radical (unpaired) electrons. The number of alkyl halides is 1. The van der Waals surface area contributed by atoms with E-state index in [1.165, 1.54) is 4.90 Å². The molecule has 1 N–H and O–H groups in total. The number of nitrogens with one attached hydrogen (secondary N) is 1. The quantitative estimate of drug-likeness (QED) is 0.720. The van der Waals surface area contributed by atoms with Gasteiger partial charge in [0.15, 0.2) is 0 Å². The van der Waals surface area contributed by atoms with E-state index >= 15 is 0 Å². The third-order valence-corrected chi connectivity index (χ3v) is 1.87. The van der Waals surface area contributed by atoms with Crippen LogP contribution in [-0.2, 0) is 4.74 Å². The number of amides is 1. The molecule has 1 unspecified atom stereocenters. The summed E-state index contributed by atoms with van der Waals surface area (Å²) in [6.07, 6.45) is -1.42. The minimum Gasteiger partial charge on any atom is -0.450 e. The maximum Gasteiger partial charge on any atom is 0.409 e. The number of hydrogen-bond acceptors (Lipinski definition) is 3. The molecule has 84 valence electrons. The lowest BCUT2D eigenvalue weighted by atomic mass is 10.4. The molecule has 1 saturated heterocycles. The summed E-state index contributed by atoms with van der Waals surface area (Å²) in [4.78, 5) is 12.6. The summed E-state index contributed by atoms with van der Waals surface area (Å²) in [6, 6.07) is 0. The second kappa shape index (κ2) is 6.84. The molecular formula is C8H16ClFN2O2. The fourth-order valence-corrected chi connectivity index (χ4v) is 1.25. The summed E-state index contributed by atoms with van der Waals surface area (Å²) < 4.78 is 17.8. The molecule has 0 aromatic heterocycles. The first kappa shape index (κ1) is 13.4. The Kier molecular flexibility index (Phi) is 6.57. The van der Waals surface area contributed by atoms with Gasteiger partial charge in [0.05, 0.1) is 13.2 Å². The highest BCUT2D eigenvalue weighted by molar-refractivity contribution is 5.85. The minimum absolute atomic E-state index is 0. The van der Waals surface area contributed by atoms with E-state index in [1.54, 1.807) is 6.92 Å². The maximum absolute atomic E-state index is 13.0. The number of nitrogens with zero attached hydrogens (tertiary/aromatic N) is 1. The van der Waals surface area contributed by atoms with Gasteiger partial charge in [-0.25, -0.2) is 9.18 Å². The van der Waals surface area contributed by atoms with Gasteiger partial charge in [-0.15, -0.1) is 12.4 Å². The predicted octanol–water partition coefficient (Wildman–Crippen LogP) is 0.808. The zero-order valence-electron chi connectivity index (χ0n) is 8.16. The van der Waals surface area contributed by atoms with Crippen molar-refractivity contribution in [3.63, 3.8) is 0 Å². The first-order valence-electron chi connectivity index (χ1n) is 4.50. The Balaban J connectivity index is 0.00000169. The van der Waals surface area contributed by atoms with Crippen molar-refractivity contribution >= 4 is 18.5 Å². The fourth-order valence-electron chi connectivity index (χ4n) is 1.25. The van der Waals surface area contributed by atoms with E-state index in [0.29, 0.717) is 26.2 Å². The number of halogens is 2. The van der Waals surface area contributed by atoms with Gasteiger partial charge in [0, 0.05) is 19.6 Å². The van der Waals surface area contributed by atoms with Crippen LogP contribution in [0.2, 0.25) is 0 Å². The maximum atomic E-state index is 13.0. The van der Waals surface area contributed by atoms with Crippen molar-refractivity contribution < 1.29 is 13.9 Å². The molecule has 0 spiro atoms. The van der Waals surface area contributed by atoms with Gasteiger partial charge in [0.1, 0.15) is 6.17 Å². The molecule has 1 amide bonds. The van der Waals surface area contributed by atoms with Crippen LogP contribution >= 0.6 is 12.4 Å². The van der Waals surface area contributed by atoms with Crippen LogP contribution in [0.4, 0.5) is 9.18 Å². The number of carbonyl (C=O) groups excluding carboxylic acids is 1. The smallest absolute Gasteiger partial charge is 0.409 e. The van der Waals surface area contributed by atoms with Gasteiger partial charge in [0.25, 0.3) is 0 Å². The van der Waals surface area contributed by atoms with Crippen LogP contribution in [0, 0.1) is 0 Å². The Bertz CT molecular complexity index is 183. The molecule has 1 aliphatic rings. The molecule has 0 aromatic rings. The second-order valence-electron chi connectivity index (χ2n) is 2.95. The van der Waals surface area contributed by atoms with Gasteiger partial charge in [-0.3, -0.25) is 0 Å². The summed E-state index contributed by atoms with van der Waals surface area (Å²) in [5.41, 5.74) is 0. The van der Waals surface area contributed by atoms with Gasteiger partial charge in [-0.2, -0.15) is 0 Å². The topological polar surface area (TPSA) is 41.6 Å². The third kappa shape index (κ3) is 4.11. The lowest BCUT2D eigenvalue weighted by molar-refractivity contribution is 0.101. The number of carbonyl (C=O) groups is 1. The van der Waals surface area contributed by atoms with Crippen molar-refractivity contribution in [2.45, 2.75) is 13.1 Å². The highest BCUT2D eigenvalue weighted by Gasteiger charge is 2.21. The van der Waals surface area contributed by atoms with Gasteiger partial charge in [0.2, 0.25) is 0 Å². The molecule has 0 aromatic carbocycles. The van der Waals surface area contributed by atoms with E-state index in [4.69, 9.17) is 4.74 Å². The lowest BCUT2D eigenvalue weighted by Gasteiger charge is -2.19. The highest BCUT2D eigenvalue weighted by Crippen LogP contribution is 2.02. The lowest BCUT2D eigenvalue weighted by Crippen LogP contribution is -2.36. The average molecular weight is 227 g/mol. The Labute approximate surface area is 89.2 Å². The van der Waals surface area contributed by atoms with E-state index < -0.39 is 12.3 Å². The van der Waals surface area contributed by atoms with Crippen LogP contribution in [-0.4, -0.2) is 50.0 Å². The van der Waals surface area contributed by atoms with Gasteiger partial charge in [-0.05, 0) is 6.92 Å². The van der Waals surface area contributed by atoms with E-state index in [1.807, 2.05) is 0 Å². The Morgan fingerprint density at radius 3 is 3.07 bits per heavy atom. The summed E-state index contributed by atoms with van der Waals surface area (Å²) in [5, 5.41) is 2.90. The van der Waals surface area contributed by atoms with E-state index in [0.717, 1.165) is 0 Å². The average Bonchev–Trinajstić information content (AvgIpc) is 2.30. The van der Waals surface area contributed by atoms with Crippen LogP contribution in [0.15, 0.2) is 0 Å². The molecule has 6 heteroatoms. The Hall–Kier alpha value is -0.550. The van der Waals surface area contributed by atoms with Crippen molar-refractivity contribution in [2.75, 3.05) is 32.8 Å². The van der Waals surface area contributed by atoms with Crippen molar-refractivity contribution in [3.8, 4) is 0 Å². The Morgan fingerprint density at radius 1 is 1.71 bits per heavy atom. The summed E-state index contributed by atoms with van der Waals surface area (Å²) in [7, 11) is 0. The molecule has 4 nitrogen and oxygen atoms in total. The summed E-state index contributed by atoms with van der Waals surface area (Å²) in [6.45, 7) is 3.65. The van der Waals surface area contributed by atoms with Crippen LogP contribution in [0.1, 0.15) is 6.92 Å². The van der Waals surface area contributed by atoms with Crippen LogP contribution < -0.4 is 5.32 Å². The van der Waals surface area contributed by atoms with Crippen LogP contribution in [0.3, 0.4) is 0 Å². The molecule has 14 heavy (non-hydrogen) atoms. The molecule has 0 saturated carbocycles. The molecule has 1 heterocycles. The Morgan fingerprint density at radius 2 is 2.43 bits per heavy atom. The molecule has 0 aliphatic carbocycles. The van der Waals surface area contributed by atoms with E-state index in [-0.39, 0.29) is 19.0 Å². The highest BCUT2D eigenvalue weighted by atomic mass is 35.5. The fraction of sp³-hybridized carbons (Fsp3) is 0.875. The SMILES string of the molecule is CCOC(=O)N1CCNCC(F)C1.Cl. The molecule has 0 bridgehead atoms. The standard InChI is InChI=1S/C8H15FN2O2.ClH/c1-2-13-8(12)11-4-3-10-5-7(9)6-11;/h7,10H,2-6H2,1H3;1H. The van der Waals surface area contributed by atoms with Gasteiger partial charge in [-0.1, -0.05) is 0 Å². The van der Waals surface area contributed by atoms with Crippen molar-refractivity contribution in [2.24, 2.45) is 0 Å². The monoisotopic (exact) mass is 226 g/mol. The molecule has 1 fully saturated rings. The zero-order valence-corrected chi connectivity index (χ0v) is 8.98. The first-order valence-corrected chi connectivity index (χ1v) is 4.50. The summed E-state index contributed by atoms with van der Waals surface area (Å²) >= 11 is 0. The van der Waals surface area contributed by atoms with E-state index in [9.17, 15) is 9.18 Å². The second-order valence-corrected chi connectivity index (χ2v) is 2.95. The molecular weight excluding hydrogens is 211 g/mol. The number of ether oxygens (including phenoxy) is 1. The van der Waals surface area contributed by atoms with Crippen molar-refractivity contribution in [3.05, 3.63) is 0 Å². The normalized spacial score (nSPS) is 22.1. The van der Waals surface area contributed by atoms with Crippen LogP contribution in [0.25, 0.3) is 0 Å². The first-order chi connectivity index (χ1) is 6.24. The van der Waals surface area contributed by atoms with E-state index in [2.05, 4.69) is 5.32 Å². The predicted molar refractivity (Wildman–Crippen MR) is 53.6 cm³/mol. The molecule has 1 atom stereocenters. The summed E-state index contributed by atoms with van der Waals surface area (Å²) in [5.74, 6) is 0. The third-order valence-electron chi connectivity index (χ3n) is 1.87. The van der Waals surface area contributed by atoms with Gasteiger partial charge < -0.3 is 15.0 Å². The molecule has 1 rings (SSSR count). The van der Waals surface area contributed by atoms with Gasteiger partial charge >= 0.3 is 6.09 Å². The van der Waals surface area contributed by atoms with Crippen molar-refractivity contribution in [1.29, 1.82) is 0 Å². The zero-order chi connectivity index (χ0) is 9.68. The van der Waals surface area contributed by atoms with Crippen LogP contribution in [0.5, 0.6) is 0 Å². The van der Waals surface area contributed by atoms with Crippen molar-refractivity contribution in [1.82, 2.24) is 10.2 Å². The minimum atomic E-state index is -0.994. The molecule has 1 aliphatic heterocycles. The number of hydrogen-bond donors (Lipinski definition) is 1.